The largest absolute Gasteiger partial charge is 0.490 e. The molecule has 1 heterocycles. The smallest absolute Gasteiger partial charge is 0.377 e. The van der Waals surface area contributed by atoms with Crippen molar-refractivity contribution in [3.63, 3.8) is 0 Å². The van der Waals surface area contributed by atoms with E-state index in [1.54, 1.807) is 18.2 Å². The Morgan fingerprint density at radius 3 is 2.80 bits per heavy atom. The lowest BCUT2D eigenvalue weighted by atomic mass is 9.68. The number of carbonyl (C=O) groups is 2. The number of nitrogens with zero attached hydrogens (tertiary/aromatic N) is 1. The van der Waals surface area contributed by atoms with Gasteiger partial charge in [-0.05, 0) is 85.4 Å². The Morgan fingerprint density at radius 1 is 1.26 bits per heavy atom. The maximum Gasteiger partial charge on any atom is 0.377 e. The van der Waals surface area contributed by atoms with Crippen molar-refractivity contribution in [2.45, 2.75) is 43.6 Å². The molecule has 1 saturated carbocycles. The van der Waals surface area contributed by atoms with Crippen molar-refractivity contribution in [2.75, 3.05) is 24.6 Å². The number of carboxylic acid groups (broad SMARTS) is 1. The summed E-state index contributed by atoms with van der Waals surface area (Å²) in [5.74, 6) is -1.37. The number of Topliss-reactive ketones (excluding diaryl/α,β-unsaturated/α-hetero) is 1. The van der Waals surface area contributed by atoms with E-state index in [2.05, 4.69) is 17.5 Å². The van der Waals surface area contributed by atoms with Gasteiger partial charge in [-0.2, -0.15) is 0 Å². The average Bonchev–Trinajstić information content (AvgIpc) is 2.98. The van der Waals surface area contributed by atoms with Crippen LogP contribution in [0.15, 0.2) is 49.1 Å². The van der Waals surface area contributed by atoms with Gasteiger partial charge in [0.05, 0.1) is 18.4 Å². The zero-order chi connectivity index (χ0) is 24.7. The Hall–Kier alpha value is -2.83. The predicted octanol–water partition coefficient (Wildman–Crippen LogP) is 4.65. The number of rotatable bonds is 6. The molecule has 0 aromatic heterocycles. The third-order valence-corrected chi connectivity index (χ3v) is 8.34. The number of carbonyl (C=O) groups excluding carboxylic acids is 1. The van der Waals surface area contributed by atoms with E-state index in [0.717, 1.165) is 42.8 Å². The molecule has 35 heavy (non-hydrogen) atoms. The quantitative estimate of drug-likeness (QED) is 0.344. The van der Waals surface area contributed by atoms with Crippen LogP contribution in [0.4, 0.5) is 5.69 Å². The number of fused-ring (bicyclic) bond motifs is 3. The lowest BCUT2D eigenvalue weighted by Crippen LogP contribution is -2.49. The summed E-state index contributed by atoms with van der Waals surface area (Å²) < 4.78 is 6.38. The Morgan fingerprint density at radius 2 is 2.09 bits per heavy atom. The molecule has 6 nitrogen and oxygen atoms in total. The number of halogens is 1. The van der Waals surface area contributed by atoms with Gasteiger partial charge >= 0.3 is 5.97 Å². The second kappa shape index (κ2) is 9.32. The number of aliphatic hydroxyl groups is 1. The number of aryl methyl sites for hydroxylation is 1. The number of ketones is 1. The Kier molecular flexibility index (Phi) is 6.36. The molecule has 5 rings (SSSR count). The molecule has 0 amide bonds. The van der Waals surface area contributed by atoms with E-state index >= 15 is 0 Å². The number of anilines is 1. The number of benzene rings is 2. The van der Waals surface area contributed by atoms with Crippen molar-refractivity contribution in [3.8, 4) is 5.75 Å². The minimum absolute atomic E-state index is 0.132. The molecule has 3 aliphatic rings. The lowest BCUT2D eigenvalue weighted by Gasteiger charge is -2.45. The van der Waals surface area contributed by atoms with Crippen molar-refractivity contribution in [1.29, 1.82) is 0 Å². The average molecular weight is 496 g/mol. The van der Waals surface area contributed by atoms with Crippen LogP contribution in [-0.4, -0.2) is 47.8 Å². The fraction of sp³-hybridized carbons (Fsp3) is 0.429. The van der Waals surface area contributed by atoms with Gasteiger partial charge in [-0.3, -0.25) is 4.79 Å². The fourth-order valence-corrected chi connectivity index (χ4v) is 6.30. The first-order valence-electron chi connectivity index (χ1n) is 12.2. The van der Waals surface area contributed by atoms with Gasteiger partial charge in [-0.1, -0.05) is 23.7 Å². The van der Waals surface area contributed by atoms with Crippen LogP contribution in [0.2, 0.25) is 5.02 Å². The number of hydrogen-bond acceptors (Lipinski definition) is 5. The SMILES string of the molecule is C=C[C@H](O)[C@@H]1CC[C@H]1CN1C[C@@]2(CCCc3cc(Cl)ccc32)COc2ccc(C(=O)C(=O)O)cc21. The predicted molar refractivity (Wildman–Crippen MR) is 135 cm³/mol. The van der Waals surface area contributed by atoms with Crippen LogP contribution >= 0.6 is 11.6 Å². The van der Waals surface area contributed by atoms with Crippen LogP contribution in [0.1, 0.15) is 47.2 Å². The molecule has 184 valence electrons. The normalized spacial score (nSPS) is 25.9. The van der Waals surface area contributed by atoms with Crippen LogP contribution in [-0.2, 0) is 16.6 Å². The highest BCUT2D eigenvalue weighted by atomic mass is 35.5. The van der Waals surface area contributed by atoms with Crippen molar-refractivity contribution < 1.29 is 24.5 Å². The number of aliphatic carboxylic acids is 1. The van der Waals surface area contributed by atoms with Crippen molar-refractivity contribution in [3.05, 3.63) is 70.8 Å². The first-order valence-corrected chi connectivity index (χ1v) is 12.6. The van der Waals surface area contributed by atoms with Gasteiger partial charge in [0, 0.05) is 29.1 Å². The van der Waals surface area contributed by atoms with Crippen molar-refractivity contribution in [1.82, 2.24) is 0 Å². The highest BCUT2D eigenvalue weighted by Crippen LogP contribution is 2.46. The van der Waals surface area contributed by atoms with Crippen molar-refractivity contribution in [2.24, 2.45) is 11.8 Å². The van der Waals surface area contributed by atoms with E-state index in [9.17, 15) is 19.8 Å². The maximum absolute atomic E-state index is 12.3. The monoisotopic (exact) mass is 495 g/mol. The van der Waals surface area contributed by atoms with Crippen LogP contribution in [0.25, 0.3) is 0 Å². The van der Waals surface area contributed by atoms with Crippen LogP contribution in [0, 0.1) is 11.8 Å². The lowest BCUT2D eigenvalue weighted by molar-refractivity contribution is -0.131. The van der Waals surface area contributed by atoms with Crippen molar-refractivity contribution >= 4 is 29.0 Å². The maximum atomic E-state index is 12.3. The third-order valence-electron chi connectivity index (χ3n) is 8.10. The van der Waals surface area contributed by atoms with Crippen LogP contribution < -0.4 is 9.64 Å². The first-order chi connectivity index (χ1) is 16.8. The molecule has 1 aliphatic heterocycles. The molecule has 2 aromatic rings. The summed E-state index contributed by atoms with van der Waals surface area (Å²) in [5.41, 5.74) is 3.08. The Labute approximate surface area is 210 Å². The molecule has 2 N–H and O–H groups in total. The van der Waals surface area contributed by atoms with E-state index in [4.69, 9.17) is 16.3 Å². The minimum atomic E-state index is -1.48. The highest BCUT2D eigenvalue weighted by Gasteiger charge is 2.44. The molecule has 1 spiro atoms. The summed E-state index contributed by atoms with van der Waals surface area (Å²) in [5, 5.41) is 20.4. The Bertz CT molecular complexity index is 1180. The van der Waals surface area contributed by atoms with Gasteiger partial charge in [0.15, 0.2) is 0 Å². The number of carboxylic acids is 1. The molecular formula is C28H30ClNO5. The second-order valence-corrected chi connectivity index (χ2v) is 10.6. The molecule has 0 radical (unpaired) electrons. The molecule has 2 aliphatic carbocycles. The standard InChI is InChI=1S/C28H30ClNO5/c1-2-24(31)21-8-5-19(21)14-30-15-28(11-3-4-17-12-20(29)7-9-22(17)28)16-35-25-10-6-18(13-23(25)30)26(32)27(33)34/h2,6-7,9-10,12-13,19,21,24,31H,1,3-5,8,11,14-16H2,(H,33,34)/t19-,21+,24-,28-/m0/s1. The van der Waals surface area contributed by atoms with Gasteiger partial charge < -0.3 is 19.8 Å². The van der Waals surface area contributed by atoms with Gasteiger partial charge in [0.25, 0.3) is 5.78 Å². The minimum Gasteiger partial charge on any atom is -0.490 e. The fourth-order valence-electron chi connectivity index (χ4n) is 6.11. The van der Waals surface area contributed by atoms with E-state index in [-0.39, 0.29) is 22.8 Å². The zero-order valence-electron chi connectivity index (χ0n) is 19.6. The molecule has 7 heteroatoms. The second-order valence-electron chi connectivity index (χ2n) is 10.1. The number of ether oxygens (including phenoxy) is 1. The number of aliphatic hydroxyl groups excluding tert-OH is 1. The van der Waals surface area contributed by atoms with Crippen LogP contribution in [0.5, 0.6) is 5.75 Å². The molecular weight excluding hydrogens is 466 g/mol. The van der Waals surface area contributed by atoms with Gasteiger partial charge in [0.1, 0.15) is 5.75 Å². The summed E-state index contributed by atoms with van der Waals surface area (Å²) in [6, 6.07) is 11.0. The summed E-state index contributed by atoms with van der Waals surface area (Å²) in [4.78, 5) is 25.9. The zero-order valence-corrected chi connectivity index (χ0v) is 20.3. The highest BCUT2D eigenvalue weighted by molar-refractivity contribution is 6.40. The third kappa shape index (κ3) is 4.34. The van der Waals surface area contributed by atoms with E-state index in [0.29, 0.717) is 25.4 Å². The van der Waals surface area contributed by atoms with Gasteiger partial charge in [-0.25, -0.2) is 4.79 Å². The summed E-state index contributed by atoms with van der Waals surface area (Å²) in [6.45, 7) is 5.60. The molecule has 0 saturated heterocycles. The summed E-state index contributed by atoms with van der Waals surface area (Å²) >= 11 is 6.31. The molecule has 1 fully saturated rings. The molecule has 0 bridgehead atoms. The van der Waals surface area contributed by atoms with E-state index in [1.165, 1.54) is 17.2 Å². The topological polar surface area (TPSA) is 87.1 Å². The Balaban J connectivity index is 1.56. The van der Waals surface area contributed by atoms with Crippen LogP contribution in [0.3, 0.4) is 0 Å². The molecule has 4 atom stereocenters. The van der Waals surface area contributed by atoms with E-state index < -0.39 is 17.9 Å². The van der Waals surface area contributed by atoms with E-state index in [1.807, 2.05) is 12.1 Å². The van der Waals surface area contributed by atoms with Gasteiger partial charge in [-0.15, -0.1) is 6.58 Å². The van der Waals surface area contributed by atoms with Gasteiger partial charge in [0.2, 0.25) is 0 Å². The number of hydrogen-bond donors (Lipinski definition) is 2. The first kappa shape index (κ1) is 23.9. The summed E-state index contributed by atoms with van der Waals surface area (Å²) in [6.07, 6.45) is 5.93. The summed E-state index contributed by atoms with van der Waals surface area (Å²) in [7, 11) is 0. The molecule has 2 aromatic carbocycles. The molecule has 0 unspecified atom stereocenters.